The predicted molar refractivity (Wildman–Crippen MR) is 70.2 cm³/mol. The summed E-state index contributed by atoms with van der Waals surface area (Å²) in [5, 5.41) is 3.19. The molecule has 4 nitrogen and oxygen atoms in total. The Hall–Kier alpha value is -1.20. The molecule has 94 valence electrons. The number of rotatable bonds is 7. The van der Waals surface area contributed by atoms with Gasteiger partial charge in [0.25, 0.3) is 0 Å². The fourth-order valence-electron chi connectivity index (χ4n) is 1.40. The van der Waals surface area contributed by atoms with E-state index in [1.54, 1.807) is 18.2 Å². The van der Waals surface area contributed by atoms with Crippen LogP contribution in [0.2, 0.25) is 0 Å². The third-order valence-corrected chi connectivity index (χ3v) is 3.67. The highest BCUT2D eigenvalue weighted by Gasteiger charge is 2.01. The lowest BCUT2D eigenvalue weighted by molar-refractivity contribution is 0.1000. The number of amides is 1. The maximum absolute atomic E-state index is 11.2. The van der Waals surface area contributed by atoms with Crippen molar-refractivity contribution >= 4 is 16.7 Å². The van der Waals surface area contributed by atoms with Crippen LogP contribution in [0.1, 0.15) is 22.8 Å². The molecule has 1 atom stereocenters. The summed E-state index contributed by atoms with van der Waals surface area (Å²) in [6.07, 6.45) is 0. The number of primary amides is 1. The first kappa shape index (κ1) is 13.9. The van der Waals surface area contributed by atoms with Crippen LogP contribution in [-0.4, -0.2) is 28.2 Å². The summed E-state index contributed by atoms with van der Waals surface area (Å²) in [5.41, 5.74) is 6.71. The first-order valence-electron chi connectivity index (χ1n) is 5.58. The smallest absolute Gasteiger partial charge is 0.248 e. The van der Waals surface area contributed by atoms with E-state index >= 15 is 0 Å². The van der Waals surface area contributed by atoms with Crippen LogP contribution >= 0.6 is 0 Å². The molecule has 0 saturated carbocycles. The lowest BCUT2D eigenvalue weighted by Gasteiger charge is -2.05. The van der Waals surface area contributed by atoms with Gasteiger partial charge in [0.2, 0.25) is 5.91 Å². The molecule has 0 aliphatic rings. The summed E-state index contributed by atoms with van der Waals surface area (Å²) < 4.78 is 11.2. The molecular weight excluding hydrogens is 236 g/mol. The highest BCUT2D eigenvalue weighted by atomic mass is 32.2. The van der Waals surface area contributed by atoms with Gasteiger partial charge < -0.3 is 11.1 Å². The number of carbonyl (C=O) groups excluding carboxylic acids is 1. The van der Waals surface area contributed by atoms with Gasteiger partial charge in [-0.3, -0.25) is 9.00 Å². The van der Waals surface area contributed by atoms with Gasteiger partial charge in [-0.2, -0.15) is 0 Å². The summed E-state index contributed by atoms with van der Waals surface area (Å²) in [4.78, 5) is 11.0. The molecule has 0 spiro atoms. The molecule has 0 fully saturated rings. The summed E-state index contributed by atoms with van der Waals surface area (Å²) in [6.45, 7) is 3.27. The molecule has 0 radical (unpaired) electrons. The van der Waals surface area contributed by atoms with E-state index in [1.807, 2.05) is 13.0 Å². The van der Waals surface area contributed by atoms with Crippen LogP contribution in [-0.2, 0) is 17.3 Å². The number of nitrogens with two attached hydrogens (primary N) is 1. The van der Waals surface area contributed by atoms with Crippen LogP contribution < -0.4 is 11.1 Å². The van der Waals surface area contributed by atoms with Crippen LogP contribution in [0.25, 0.3) is 0 Å². The van der Waals surface area contributed by atoms with Gasteiger partial charge in [-0.15, -0.1) is 0 Å². The molecule has 1 unspecified atom stereocenters. The Balaban J connectivity index is 2.39. The molecule has 5 heteroatoms. The van der Waals surface area contributed by atoms with Crippen molar-refractivity contribution in [2.75, 3.05) is 18.1 Å². The fraction of sp³-hybridized carbons (Fsp3) is 0.417. The summed E-state index contributed by atoms with van der Waals surface area (Å²) in [5.74, 6) is 0.934. The zero-order chi connectivity index (χ0) is 12.7. The average molecular weight is 254 g/mol. The second kappa shape index (κ2) is 7.19. The Morgan fingerprint density at radius 2 is 2.24 bits per heavy atom. The van der Waals surface area contributed by atoms with Crippen molar-refractivity contribution in [2.24, 2.45) is 5.73 Å². The number of benzene rings is 1. The van der Waals surface area contributed by atoms with Gasteiger partial charge >= 0.3 is 0 Å². The molecular formula is C12H18N2O2S. The minimum atomic E-state index is -0.733. The van der Waals surface area contributed by atoms with Crippen LogP contribution in [0.15, 0.2) is 24.3 Å². The van der Waals surface area contributed by atoms with E-state index in [-0.39, 0.29) is 0 Å². The highest BCUT2D eigenvalue weighted by molar-refractivity contribution is 7.84. The van der Waals surface area contributed by atoms with Crippen molar-refractivity contribution in [1.29, 1.82) is 0 Å². The summed E-state index contributed by atoms with van der Waals surface area (Å²) in [7, 11) is -0.733. The van der Waals surface area contributed by atoms with Gasteiger partial charge in [0.05, 0.1) is 0 Å². The van der Waals surface area contributed by atoms with Crippen molar-refractivity contribution in [3.05, 3.63) is 35.4 Å². The average Bonchev–Trinajstić information content (AvgIpc) is 2.34. The van der Waals surface area contributed by atoms with Crippen LogP contribution in [0, 0.1) is 0 Å². The zero-order valence-electron chi connectivity index (χ0n) is 9.94. The Morgan fingerprint density at radius 3 is 2.88 bits per heavy atom. The molecule has 1 aromatic rings. The fourth-order valence-corrected chi connectivity index (χ4v) is 2.06. The second-order valence-electron chi connectivity index (χ2n) is 3.67. The van der Waals surface area contributed by atoms with Crippen molar-refractivity contribution < 1.29 is 9.00 Å². The molecule has 0 heterocycles. The van der Waals surface area contributed by atoms with Crippen LogP contribution in [0.4, 0.5) is 0 Å². The summed E-state index contributed by atoms with van der Waals surface area (Å²) >= 11 is 0. The van der Waals surface area contributed by atoms with E-state index in [0.717, 1.165) is 5.56 Å². The first-order chi connectivity index (χ1) is 8.13. The molecule has 1 amide bonds. The predicted octanol–water partition coefficient (Wildman–Crippen LogP) is 0.644. The quantitative estimate of drug-likeness (QED) is 0.702. The normalized spacial score (nSPS) is 12.3. The van der Waals surface area contributed by atoms with Crippen LogP contribution in [0.5, 0.6) is 0 Å². The van der Waals surface area contributed by atoms with E-state index < -0.39 is 16.7 Å². The zero-order valence-corrected chi connectivity index (χ0v) is 10.8. The summed E-state index contributed by atoms with van der Waals surface area (Å²) in [6, 6.07) is 7.20. The molecule has 17 heavy (non-hydrogen) atoms. The number of hydrogen-bond acceptors (Lipinski definition) is 3. The van der Waals surface area contributed by atoms with E-state index in [1.165, 1.54) is 0 Å². The van der Waals surface area contributed by atoms with E-state index in [4.69, 9.17) is 5.73 Å². The second-order valence-corrected chi connectivity index (χ2v) is 5.54. The van der Waals surface area contributed by atoms with E-state index in [9.17, 15) is 9.00 Å². The molecule has 1 rings (SSSR count). The van der Waals surface area contributed by atoms with Gasteiger partial charge in [0.1, 0.15) is 0 Å². The molecule has 0 aliphatic carbocycles. The maximum atomic E-state index is 11.2. The molecule has 0 aromatic heterocycles. The van der Waals surface area contributed by atoms with E-state index in [0.29, 0.717) is 30.2 Å². The molecule has 0 saturated heterocycles. The SMILES string of the molecule is CCS(=O)CCNCc1cccc(C(N)=O)c1. The van der Waals surface area contributed by atoms with Crippen molar-refractivity contribution in [2.45, 2.75) is 13.5 Å². The monoisotopic (exact) mass is 254 g/mol. The highest BCUT2D eigenvalue weighted by Crippen LogP contribution is 2.04. The largest absolute Gasteiger partial charge is 0.366 e. The van der Waals surface area contributed by atoms with Gasteiger partial charge in [-0.25, -0.2) is 0 Å². The van der Waals surface area contributed by atoms with Crippen molar-refractivity contribution in [3.63, 3.8) is 0 Å². The molecule has 0 aliphatic heterocycles. The minimum Gasteiger partial charge on any atom is -0.366 e. The van der Waals surface area contributed by atoms with Crippen molar-refractivity contribution in [1.82, 2.24) is 5.32 Å². The number of nitrogens with one attached hydrogen (secondary N) is 1. The molecule has 3 N–H and O–H groups in total. The number of carbonyl (C=O) groups is 1. The maximum Gasteiger partial charge on any atom is 0.248 e. The topological polar surface area (TPSA) is 72.2 Å². The minimum absolute atomic E-state index is 0.418. The van der Waals surface area contributed by atoms with Gasteiger partial charge in [-0.05, 0) is 17.7 Å². The Bertz CT molecular complexity index is 407. The third-order valence-electron chi connectivity index (χ3n) is 2.37. The molecule has 0 bridgehead atoms. The standard InChI is InChI=1S/C12H18N2O2S/c1-2-17(16)7-6-14-9-10-4-3-5-11(8-10)12(13)15/h3-5,8,14H,2,6-7,9H2,1H3,(H2,13,15). The van der Waals surface area contributed by atoms with Crippen LogP contribution in [0.3, 0.4) is 0 Å². The van der Waals surface area contributed by atoms with Gasteiger partial charge in [0, 0.05) is 41.0 Å². The third kappa shape index (κ3) is 5.10. The Kier molecular flexibility index (Phi) is 5.86. The van der Waals surface area contributed by atoms with Gasteiger partial charge in [-0.1, -0.05) is 19.1 Å². The lowest BCUT2D eigenvalue weighted by atomic mass is 10.1. The Labute approximate surface area is 104 Å². The van der Waals surface area contributed by atoms with E-state index in [2.05, 4.69) is 5.32 Å². The Morgan fingerprint density at radius 1 is 1.47 bits per heavy atom. The lowest BCUT2D eigenvalue weighted by Crippen LogP contribution is -2.21. The first-order valence-corrected chi connectivity index (χ1v) is 7.06. The number of hydrogen-bond donors (Lipinski definition) is 2. The van der Waals surface area contributed by atoms with Gasteiger partial charge in [0.15, 0.2) is 0 Å². The molecule has 1 aromatic carbocycles. The van der Waals surface area contributed by atoms with Crippen molar-refractivity contribution in [3.8, 4) is 0 Å².